The second-order valence-electron chi connectivity index (χ2n) is 24.4. The summed E-state index contributed by atoms with van der Waals surface area (Å²) in [5.74, 6) is -3.47. The number of fused-ring (bicyclic) bond motifs is 1. The Morgan fingerprint density at radius 3 is 2.13 bits per heavy atom. The first-order valence-electron chi connectivity index (χ1n) is 30.3. The summed E-state index contributed by atoms with van der Waals surface area (Å²) < 4.78 is 12.4. The SMILES string of the molecule is CC[C@H](C)[C@@H]([C@@H](CC(=O)N1CCC[C@H]1[C@H](OC)[C@@H](C)C(=O)C[C@@H](Cc1c[nH]c2ccccc12)C(O)N1CCCCO1)OC)N(C)C(=O)[C@@H](CC(=O)[C@H](C(C)C)N(C)C[C@@H](CC(=O)CCCN1C(=O)C=CC1=O)Cc1ccccc1)C(C)C. The number of aromatic nitrogens is 1. The summed E-state index contributed by atoms with van der Waals surface area (Å²) in [4.78, 5) is 113. The number of H-pyrrole nitrogens is 1. The zero-order chi connectivity index (χ0) is 59.8. The molecule has 82 heavy (non-hydrogen) atoms. The fraction of sp³-hybridized carbons (Fsp3) is 0.646. The molecule has 0 spiro atoms. The van der Waals surface area contributed by atoms with Crippen LogP contribution in [0.5, 0.6) is 0 Å². The quantitative estimate of drug-likeness (QED) is 0.0543. The molecule has 2 aromatic carbocycles. The summed E-state index contributed by atoms with van der Waals surface area (Å²) in [5.41, 5.74) is 3.06. The van der Waals surface area contributed by atoms with Gasteiger partial charge in [0.2, 0.25) is 11.8 Å². The monoisotopic (exact) mass is 1140 g/mol. The minimum Gasteiger partial charge on any atom is -0.379 e. The number of nitrogens with one attached hydrogen (secondary N) is 1. The van der Waals surface area contributed by atoms with Crippen molar-refractivity contribution in [3.05, 3.63) is 84.1 Å². The van der Waals surface area contributed by atoms with Gasteiger partial charge in [-0.25, -0.2) is 0 Å². The highest BCUT2D eigenvalue weighted by Gasteiger charge is 2.44. The van der Waals surface area contributed by atoms with E-state index < -0.39 is 48.3 Å². The Bertz CT molecular complexity index is 2600. The number of imide groups is 1. The Kier molecular flexibility index (Phi) is 25.2. The largest absolute Gasteiger partial charge is 0.379 e. The number of ketones is 3. The molecule has 0 bridgehead atoms. The zero-order valence-electron chi connectivity index (χ0n) is 50.9. The van der Waals surface area contributed by atoms with Crippen LogP contribution in [-0.4, -0.2) is 173 Å². The number of likely N-dealkylation sites (tertiary alicyclic amines) is 1. The molecule has 0 saturated carbocycles. The van der Waals surface area contributed by atoms with Gasteiger partial charge in [0, 0.05) is 120 Å². The van der Waals surface area contributed by atoms with E-state index in [1.807, 2.05) is 119 Å². The molecular weight excluding hydrogens is 1040 g/mol. The second-order valence-corrected chi connectivity index (χ2v) is 24.4. The molecule has 4 amide bonds. The molecule has 0 radical (unpaired) electrons. The standard InChI is InChI=1S/C65H96N6O11/c1-12-44(6)62(68(9)65(79)52(42(2)3)38-56(74)61(43(4)5)67(8)41-47(34-46-22-14-13-15-23-46)35-50(72)24-20-31-70-58(75)28-29-59(70)76)57(80-10)39-60(77)69-30-21-27-54(69)63(81-11)45(7)55(73)37-48(64(78)71-32-18-19-33-82-71)36-49-40-66-53-26-17-16-25-51(49)53/h13-17,22-23,25-26,28-29,40,42-45,47-48,52,54,57,61-64,66,78H,12,18-21,24,27,30-39,41H2,1-11H3/t44-,45-,47+,48+,52-,54-,57+,61-,62-,63+,64?/m0/s1. The first-order chi connectivity index (χ1) is 39.2. The Balaban J connectivity index is 1.12. The van der Waals surface area contributed by atoms with Crippen LogP contribution in [0.2, 0.25) is 0 Å². The van der Waals surface area contributed by atoms with Gasteiger partial charge in [-0.2, -0.15) is 5.06 Å². The molecule has 17 heteroatoms. The molecule has 3 aliphatic rings. The van der Waals surface area contributed by atoms with Crippen LogP contribution in [0.25, 0.3) is 10.9 Å². The molecule has 1 aromatic heterocycles. The van der Waals surface area contributed by atoms with Gasteiger partial charge in [-0.05, 0) is 92.9 Å². The van der Waals surface area contributed by atoms with Crippen LogP contribution in [0.15, 0.2) is 72.9 Å². The third-order valence-corrected chi connectivity index (χ3v) is 17.9. The topological polar surface area (TPSA) is 199 Å². The summed E-state index contributed by atoms with van der Waals surface area (Å²) in [6, 6.07) is 16.5. The molecule has 6 rings (SSSR count). The minimum atomic E-state index is -1.01. The van der Waals surface area contributed by atoms with Crippen molar-refractivity contribution in [1.82, 2.24) is 29.6 Å². The summed E-state index contributed by atoms with van der Waals surface area (Å²) in [7, 11) is 6.84. The number of rotatable bonds is 34. The van der Waals surface area contributed by atoms with Crippen molar-refractivity contribution in [1.29, 1.82) is 0 Å². The lowest BCUT2D eigenvalue weighted by Crippen LogP contribution is -2.54. The zero-order valence-corrected chi connectivity index (χ0v) is 50.9. The lowest BCUT2D eigenvalue weighted by molar-refractivity contribution is -0.267. The molecule has 2 saturated heterocycles. The van der Waals surface area contributed by atoms with E-state index in [1.165, 1.54) is 12.2 Å². The summed E-state index contributed by atoms with van der Waals surface area (Å²) in [6.07, 6.45) is 7.95. The van der Waals surface area contributed by atoms with Gasteiger partial charge in [-0.15, -0.1) is 0 Å². The number of benzene rings is 2. The van der Waals surface area contributed by atoms with Crippen molar-refractivity contribution in [3.63, 3.8) is 0 Å². The fourth-order valence-electron chi connectivity index (χ4n) is 13.2. The third-order valence-electron chi connectivity index (χ3n) is 17.9. The van der Waals surface area contributed by atoms with Gasteiger partial charge in [0.1, 0.15) is 17.8 Å². The van der Waals surface area contributed by atoms with E-state index in [9.17, 15) is 33.9 Å². The van der Waals surface area contributed by atoms with Crippen LogP contribution >= 0.6 is 0 Å². The first-order valence-corrected chi connectivity index (χ1v) is 30.3. The van der Waals surface area contributed by atoms with Crippen LogP contribution in [0.4, 0.5) is 0 Å². The highest BCUT2D eigenvalue weighted by Crippen LogP contribution is 2.34. The first kappa shape index (κ1) is 65.7. The molecular formula is C65H96N6O11. The van der Waals surface area contributed by atoms with Crippen LogP contribution in [0.1, 0.15) is 130 Å². The van der Waals surface area contributed by atoms with Crippen molar-refractivity contribution in [2.45, 2.75) is 168 Å². The number of carbonyl (C=O) groups is 7. The molecule has 2 N–H and O–H groups in total. The number of hydroxylamine groups is 2. The number of hydrogen-bond donors (Lipinski definition) is 2. The Hall–Kier alpha value is -5.43. The molecule has 4 heterocycles. The molecule has 1 unspecified atom stereocenters. The summed E-state index contributed by atoms with van der Waals surface area (Å²) in [6.45, 7) is 16.1. The second kappa shape index (κ2) is 31.5. The number of likely N-dealkylation sites (N-methyl/N-ethyl adjacent to an activating group) is 2. The minimum absolute atomic E-state index is 0.00243. The maximum absolute atomic E-state index is 15.0. The lowest BCUT2D eigenvalue weighted by Gasteiger charge is -2.41. The van der Waals surface area contributed by atoms with Gasteiger partial charge < -0.3 is 29.4 Å². The molecule has 452 valence electrons. The van der Waals surface area contributed by atoms with Crippen LogP contribution < -0.4 is 0 Å². The third kappa shape index (κ3) is 17.1. The highest BCUT2D eigenvalue weighted by atomic mass is 16.7. The van der Waals surface area contributed by atoms with E-state index in [1.54, 1.807) is 31.2 Å². The number of aliphatic hydroxyl groups is 1. The molecule has 3 aliphatic heterocycles. The van der Waals surface area contributed by atoms with Crippen molar-refractivity contribution in [3.8, 4) is 0 Å². The van der Waals surface area contributed by atoms with Crippen molar-refractivity contribution < 1.29 is 53.0 Å². The normalized spacial score (nSPS) is 19.8. The average molecular weight is 1140 g/mol. The van der Waals surface area contributed by atoms with E-state index in [0.29, 0.717) is 58.3 Å². The predicted octanol–water partition coefficient (Wildman–Crippen LogP) is 8.26. The van der Waals surface area contributed by atoms with Gasteiger partial charge >= 0.3 is 0 Å². The molecule has 17 nitrogen and oxygen atoms in total. The number of amides is 4. The van der Waals surface area contributed by atoms with Gasteiger partial charge in [-0.3, -0.25) is 48.2 Å². The Labute approximate surface area is 487 Å². The number of nitrogens with zero attached hydrogens (tertiary/aromatic N) is 5. The number of ether oxygens (including phenoxy) is 2. The number of aromatic amines is 1. The van der Waals surface area contributed by atoms with E-state index in [4.69, 9.17) is 14.3 Å². The van der Waals surface area contributed by atoms with E-state index >= 15 is 4.79 Å². The van der Waals surface area contributed by atoms with Gasteiger partial charge in [0.25, 0.3) is 11.8 Å². The number of methoxy groups -OCH3 is 2. The van der Waals surface area contributed by atoms with Crippen LogP contribution in [0, 0.1) is 41.4 Å². The fourth-order valence-corrected chi connectivity index (χ4v) is 13.2. The maximum Gasteiger partial charge on any atom is 0.253 e. The van der Waals surface area contributed by atoms with E-state index in [-0.39, 0.29) is 109 Å². The molecule has 0 aliphatic carbocycles. The lowest BCUT2D eigenvalue weighted by atomic mass is 9.83. The summed E-state index contributed by atoms with van der Waals surface area (Å²) >= 11 is 0. The highest BCUT2D eigenvalue weighted by molar-refractivity contribution is 6.12. The summed E-state index contributed by atoms with van der Waals surface area (Å²) in [5, 5.41) is 14.5. The Morgan fingerprint density at radius 1 is 0.805 bits per heavy atom. The number of hydrogen-bond acceptors (Lipinski definition) is 13. The van der Waals surface area contributed by atoms with Crippen LogP contribution in [-0.2, 0) is 60.7 Å². The van der Waals surface area contributed by atoms with Crippen molar-refractivity contribution in [2.75, 3.05) is 61.1 Å². The molecule has 2 fully saturated rings. The maximum atomic E-state index is 15.0. The van der Waals surface area contributed by atoms with Gasteiger partial charge in [0.15, 0.2) is 5.78 Å². The van der Waals surface area contributed by atoms with Crippen molar-refractivity contribution in [2.24, 2.45) is 41.4 Å². The number of aliphatic hydroxyl groups excluding tert-OH is 1. The predicted molar refractivity (Wildman–Crippen MR) is 317 cm³/mol. The molecule has 11 atom stereocenters. The van der Waals surface area contributed by atoms with E-state index in [0.717, 1.165) is 46.2 Å². The van der Waals surface area contributed by atoms with Crippen molar-refractivity contribution >= 4 is 51.9 Å². The number of Topliss-reactive ketones (excluding diaryl/α,β-unsaturated/α-hetero) is 3. The Morgan fingerprint density at radius 2 is 1.50 bits per heavy atom. The smallest absolute Gasteiger partial charge is 0.253 e. The average Bonchev–Trinajstić information content (AvgIpc) is 4.32. The van der Waals surface area contributed by atoms with E-state index in [2.05, 4.69) is 11.9 Å². The molecule has 3 aromatic rings. The van der Waals surface area contributed by atoms with Gasteiger partial charge in [0.05, 0.1) is 43.4 Å². The van der Waals surface area contributed by atoms with Crippen LogP contribution in [0.3, 0.4) is 0 Å². The number of carbonyl (C=O) groups excluding carboxylic acids is 7. The number of para-hydroxylation sites is 1. The van der Waals surface area contributed by atoms with Gasteiger partial charge in [-0.1, -0.05) is 103 Å².